The monoisotopic (exact) mass is 389 g/mol. The number of nitrogens with zero attached hydrogens (tertiary/aromatic N) is 1. The number of nitrogens with one attached hydrogen (secondary N) is 1. The van der Waals surface area contributed by atoms with Crippen molar-refractivity contribution >= 4 is 17.7 Å². The van der Waals surface area contributed by atoms with E-state index in [2.05, 4.69) is 5.32 Å². The molecule has 0 aliphatic carbocycles. The predicted molar refractivity (Wildman–Crippen MR) is 101 cm³/mol. The lowest BCUT2D eigenvalue weighted by Gasteiger charge is -2.36. The first-order chi connectivity index (χ1) is 13.5. The van der Waals surface area contributed by atoms with Gasteiger partial charge in [-0.15, -0.1) is 0 Å². The summed E-state index contributed by atoms with van der Waals surface area (Å²) in [5.74, 6) is -0.818. The fourth-order valence-electron chi connectivity index (χ4n) is 3.90. The van der Waals surface area contributed by atoms with Gasteiger partial charge in [-0.05, 0) is 25.0 Å². The standard InChI is InChI=1S/C20H27N3O5/c1-13(28-9-8-27-7-6-21)10-17-15-4-2-3-5-16(15)20(26)23(17)14-11-18(24)22-19(25)12-14/h2-5,13-14,17H,6-12,21H2,1H3,(H,22,24,25). The predicted octanol–water partition coefficient (Wildman–Crippen LogP) is 0.759. The van der Waals surface area contributed by atoms with Gasteiger partial charge >= 0.3 is 0 Å². The Bertz CT molecular complexity index is 722. The Hall–Kier alpha value is -2.29. The van der Waals surface area contributed by atoms with Gasteiger partial charge < -0.3 is 20.1 Å². The summed E-state index contributed by atoms with van der Waals surface area (Å²) < 4.78 is 11.1. The van der Waals surface area contributed by atoms with Crippen LogP contribution in [0.1, 0.15) is 48.1 Å². The second-order valence-electron chi connectivity index (χ2n) is 7.17. The van der Waals surface area contributed by atoms with E-state index in [4.69, 9.17) is 15.2 Å². The van der Waals surface area contributed by atoms with Crippen LogP contribution in [-0.4, -0.2) is 61.1 Å². The number of fused-ring (bicyclic) bond motifs is 1. The zero-order valence-electron chi connectivity index (χ0n) is 16.1. The molecule has 2 aliphatic rings. The molecule has 2 unspecified atom stereocenters. The molecule has 152 valence electrons. The van der Waals surface area contributed by atoms with Gasteiger partial charge in [-0.3, -0.25) is 19.7 Å². The van der Waals surface area contributed by atoms with Crippen LogP contribution >= 0.6 is 0 Å². The van der Waals surface area contributed by atoms with Crippen molar-refractivity contribution in [3.8, 4) is 0 Å². The SMILES string of the molecule is CC(CC1c2ccccc2C(=O)N1C1CC(=O)NC(=O)C1)OCCOCCN. The quantitative estimate of drug-likeness (QED) is 0.476. The Balaban J connectivity index is 1.72. The molecule has 0 aromatic heterocycles. The molecule has 0 bridgehead atoms. The Kier molecular flexibility index (Phi) is 6.77. The Morgan fingerprint density at radius 3 is 2.57 bits per heavy atom. The lowest BCUT2D eigenvalue weighted by molar-refractivity contribution is -0.135. The number of hydrogen-bond acceptors (Lipinski definition) is 6. The van der Waals surface area contributed by atoms with Gasteiger partial charge in [0.1, 0.15) is 0 Å². The highest BCUT2D eigenvalue weighted by atomic mass is 16.5. The van der Waals surface area contributed by atoms with Crippen LogP contribution in [0.4, 0.5) is 0 Å². The minimum Gasteiger partial charge on any atom is -0.378 e. The maximum absolute atomic E-state index is 13.0. The molecule has 0 spiro atoms. The summed E-state index contributed by atoms with van der Waals surface area (Å²) in [7, 11) is 0. The average molecular weight is 389 g/mol. The number of hydrogen-bond donors (Lipinski definition) is 2. The minimum atomic E-state index is -0.439. The topological polar surface area (TPSA) is 111 Å². The van der Waals surface area contributed by atoms with Crippen molar-refractivity contribution in [1.29, 1.82) is 0 Å². The second kappa shape index (κ2) is 9.27. The number of amides is 3. The first-order valence-electron chi connectivity index (χ1n) is 9.65. The minimum absolute atomic E-state index is 0.124. The van der Waals surface area contributed by atoms with Crippen molar-refractivity contribution in [2.24, 2.45) is 5.73 Å². The molecule has 1 fully saturated rings. The fraction of sp³-hybridized carbons (Fsp3) is 0.550. The number of nitrogens with two attached hydrogens (primary N) is 1. The fourth-order valence-corrected chi connectivity index (χ4v) is 3.90. The lowest BCUT2D eigenvalue weighted by Crippen LogP contribution is -2.50. The van der Waals surface area contributed by atoms with Crippen molar-refractivity contribution in [2.75, 3.05) is 26.4 Å². The average Bonchev–Trinajstić information content (AvgIpc) is 2.93. The van der Waals surface area contributed by atoms with Gasteiger partial charge in [-0.2, -0.15) is 0 Å². The van der Waals surface area contributed by atoms with Crippen LogP contribution in [0.25, 0.3) is 0 Å². The summed E-state index contributed by atoms with van der Waals surface area (Å²) in [5, 5.41) is 2.31. The molecule has 28 heavy (non-hydrogen) atoms. The molecule has 8 nitrogen and oxygen atoms in total. The number of benzene rings is 1. The van der Waals surface area contributed by atoms with Crippen molar-refractivity contribution in [2.45, 2.75) is 44.4 Å². The third-order valence-electron chi connectivity index (χ3n) is 5.08. The smallest absolute Gasteiger partial charge is 0.255 e. The first kappa shape index (κ1) is 20.4. The van der Waals surface area contributed by atoms with E-state index in [1.165, 1.54) is 0 Å². The van der Waals surface area contributed by atoms with Gasteiger partial charge in [-0.1, -0.05) is 18.2 Å². The van der Waals surface area contributed by atoms with Crippen LogP contribution in [0.2, 0.25) is 0 Å². The molecular weight excluding hydrogens is 362 g/mol. The largest absolute Gasteiger partial charge is 0.378 e. The van der Waals surface area contributed by atoms with Crippen molar-refractivity contribution < 1.29 is 23.9 Å². The Morgan fingerprint density at radius 1 is 1.14 bits per heavy atom. The number of rotatable bonds is 9. The molecular formula is C20H27N3O5. The molecule has 2 heterocycles. The van der Waals surface area contributed by atoms with Gasteiger partial charge in [0, 0.05) is 24.9 Å². The highest BCUT2D eigenvalue weighted by Crippen LogP contribution is 2.40. The molecule has 3 rings (SSSR count). The second-order valence-corrected chi connectivity index (χ2v) is 7.17. The number of carbonyl (C=O) groups is 3. The van der Waals surface area contributed by atoms with E-state index < -0.39 is 6.04 Å². The maximum atomic E-state index is 13.0. The molecule has 0 saturated carbocycles. The highest BCUT2D eigenvalue weighted by Gasteiger charge is 2.43. The number of ether oxygens (including phenoxy) is 2. The summed E-state index contributed by atoms with van der Waals surface area (Å²) in [4.78, 5) is 38.5. The van der Waals surface area contributed by atoms with Crippen molar-refractivity contribution in [3.05, 3.63) is 35.4 Å². The van der Waals surface area contributed by atoms with Crippen LogP contribution in [0.5, 0.6) is 0 Å². The van der Waals surface area contributed by atoms with Gasteiger partial charge in [0.25, 0.3) is 5.91 Å². The molecule has 8 heteroatoms. The van der Waals surface area contributed by atoms with Gasteiger partial charge in [-0.25, -0.2) is 0 Å². The molecule has 3 N–H and O–H groups in total. The van der Waals surface area contributed by atoms with E-state index in [-0.39, 0.29) is 42.7 Å². The van der Waals surface area contributed by atoms with Crippen LogP contribution in [0.3, 0.4) is 0 Å². The Labute approximate surface area is 164 Å². The summed E-state index contributed by atoms with van der Waals surface area (Å²) in [6.07, 6.45) is 0.710. The van der Waals surface area contributed by atoms with Crippen LogP contribution in [0.15, 0.2) is 24.3 Å². The molecule has 1 aromatic rings. The van der Waals surface area contributed by atoms with Crippen molar-refractivity contribution in [1.82, 2.24) is 10.2 Å². The van der Waals surface area contributed by atoms with E-state index in [9.17, 15) is 14.4 Å². The summed E-state index contributed by atoms with van der Waals surface area (Å²) >= 11 is 0. The third-order valence-corrected chi connectivity index (χ3v) is 5.08. The molecule has 2 aliphatic heterocycles. The maximum Gasteiger partial charge on any atom is 0.255 e. The molecule has 2 atom stereocenters. The molecule has 1 saturated heterocycles. The summed E-state index contributed by atoms with van der Waals surface area (Å²) in [6, 6.07) is 6.78. The van der Waals surface area contributed by atoms with Gasteiger partial charge in [0.05, 0.1) is 38.0 Å². The number of imide groups is 1. The number of piperidine rings is 1. The highest BCUT2D eigenvalue weighted by molar-refractivity contribution is 6.02. The summed E-state index contributed by atoms with van der Waals surface area (Å²) in [5.41, 5.74) is 6.93. The molecule has 0 radical (unpaired) electrons. The zero-order valence-corrected chi connectivity index (χ0v) is 16.1. The van der Waals surface area contributed by atoms with E-state index in [0.717, 1.165) is 5.56 Å². The molecule has 3 amide bonds. The van der Waals surface area contributed by atoms with E-state index in [1.807, 2.05) is 25.1 Å². The van der Waals surface area contributed by atoms with Gasteiger partial charge in [0.2, 0.25) is 11.8 Å². The first-order valence-corrected chi connectivity index (χ1v) is 9.65. The summed E-state index contributed by atoms with van der Waals surface area (Å²) in [6.45, 7) is 3.81. The third kappa shape index (κ3) is 4.57. The van der Waals surface area contributed by atoms with Crippen molar-refractivity contribution in [3.63, 3.8) is 0 Å². The Morgan fingerprint density at radius 2 is 1.86 bits per heavy atom. The van der Waals surface area contributed by atoms with E-state index in [1.54, 1.807) is 11.0 Å². The normalized spacial score (nSPS) is 21.0. The van der Waals surface area contributed by atoms with Crippen LogP contribution in [0, 0.1) is 0 Å². The van der Waals surface area contributed by atoms with E-state index >= 15 is 0 Å². The number of carbonyl (C=O) groups excluding carboxylic acids is 3. The van der Waals surface area contributed by atoms with Crippen LogP contribution in [-0.2, 0) is 19.1 Å². The van der Waals surface area contributed by atoms with E-state index in [0.29, 0.717) is 38.3 Å². The lowest BCUT2D eigenvalue weighted by atomic mass is 9.97. The van der Waals surface area contributed by atoms with Gasteiger partial charge in [0.15, 0.2) is 0 Å². The molecule has 1 aromatic carbocycles. The zero-order chi connectivity index (χ0) is 20.1. The van der Waals surface area contributed by atoms with Crippen LogP contribution < -0.4 is 11.1 Å².